The minimum absolute atomic E-state index is 0.0166. The molecule has 2 aromatic carbocycles. The van der Waals surface area contributed by atoms with E-state index in [0.29, 0.717) is 11.1 Å². The van der Waals surface area contributed by atoms with Crippen molar-refractivity contribution >= 4 is 18.1 Å². The van der Waals surface area contributed by atoms with Crippen LogP contribution < -0.4 is 0 Å². The highest BCUT2D eigenvalue weighted by Gasteiger charge is 2.48. The zero-order chi connectivity index (χ0) is 31.5. The number of ether oxygens (including phenoxy) is 5. The van der Waals surface area contributed by atoms with E-state index in [4.69, 9.17) is 33.3 Å². The Kier molecular flexibility index (Phi) is 12.4. The fourth-order valence-electron chi connectivity index (χ4n) is 5.51. The molecule has 12 nitrogen and oxygen atoms in total. The quantitative estimate of drug-likeness (QED) is 0.177. The van der Waals surface area contributed by atoms with Gasteiger partial charge in [0.05, 0.1) is 41.6 Å². The number of azide groups is 1. The maximum absolute atomic E-state index is 12.8. The van der Waals surface area contributed by atoms with Crippen LogP contribution in [0.2, 0.25) is 0 Å². The summed E-state index contributed by atoms with van der Waals surface area (Å²) < 4.78 is 30.4. The predicted molar refractivity (Wildman–Crippen MR) is 151 cm³/mol. The Hall–Kier alpha value is -4.05. The van der Waals surface area contributed by atoms with Crippen molar-refractivity contribution in [1.29, 1.82) is 0 Å². The van der Waals surface area contributed by atoms with Crippen LogP contribution in [0.4, 0.5) is 0 Å². The van der Waals surface area contributed by atoms with Crippen LogP contribution in [0.15, 0.2) is 65.8 Å². The second-order valence-corrected chi connectivity index (χ2v) is 10.7. The highest BCUT2D eigenvalue weighted by molar-refractivity contribution is 5.89. The summed E-state index contributed by atoms with van der Waals surface area (Å²) in [4.78, 5) is 44.7. The van der Waals surface area contributed by atoms with Crippen molar-refractivity contribution in [1.82, 2.24) is 0 Å². The highest BCUT2D eigenvalue weighted by Crippen LogP contribution is 2.38. The van der Waals surface area contributed by atoms with Crippen LogP contribution in [-0.4, -0.2) is 67.5 Å². The number of benzene rings is 2. The van der Waals surface area contributed by atoms with E-state index in [0.717, 1.165) is 0 Å². The van der Waals surface area contributed by atoms with Crippen LogP contribution in [0, 0.1) is 17.8 Å². The van der Waals surface area contributed by atoms with Gasteiger partial charge >= 0.3 is 18.1 Å². The highest BCUT2D eigenvalue weighted by atomic mass is 16.7. The van der Waals surface area contributed by atoms with Crippen molar-refractivity contribution in [3.63, 3.8) is 0 Å². The third kappa shape index (κ3) is 8.50. The van der Waals surface area contributed by atoms with Gasteiger partial charge in [-0.2, -0.15) is 9.59 Å². The molecule has 0 saturated carbocycles. The van der Waals surface area contributed by atoms with Crippen LogP contribution in [-0.2, 0) is 33.3 Å². The third-order valence-corrected chi connectivity index (χ3v) is 8.05. The second kappa shape index (κ2) is 16.0. The van der Waals surface area contributed by atoms with E-state index in [1.54, 1.807) is 48.5 Å². The smallest absolute Gasteiger partial charge is 0.373 e. The molecular formula is C31H37N3O9. The van der Waals surface area contributed by atoms with Crippen molar-refractivity contribution in [2.24, 2.45) is 22.9 Å². The van der Waals surface area contributed by atoms with Gasteiger partial charge in [-0.05, 0) is 55.5 Å². The van der Waals surface area contributed by atoms with Gasteiger partial charge in [-0.3, -0.25) is 0 Å². The first-order valence-corrected chi connectivity index (χ1v) is 14.1. The van der Waals surface area contributed by atoms with Crippen molar-refractivity contribution in [2.45, 2.75) is 77.5 Å². The van der Waals surface area contributed by atoms with Crippen LogP contribution >= 0.6 is 0 Å². The molecule has 2 aliphatic heterocycles. The average Bonchev–Trinajstić information content (AvgIpc) is 3.01. The number of nitrogens with zero attached hydrogens (tertiary/aromatic N) is 3. The fraction of sp³-hybridized carbons (Fsp3) is 0.516. The molecule has 0 N–H and O–H groups in total. The molecule has 0 bridgehead atoms. The van der Waals surface area contributed by atoms with Crippen molar-refractivity contribution < 1.29 is 42.9 Å². The van der Waals surface area contributed by atoms with Crippen LogP contribution in [0.5, 0.6) is 0 Å². The van der Waals surface area contributed by atoms with Crippen LogP contribution in [0.1, 0.15) is 55.3 Å². The molecule has 10 atom stereocenters. The van der Waals surface area contributed by atoms with E-state index in [2.05, 4.69) is 10.0 Å². The molecule has 2 saturated heterocycles. The number of carbonyl (C=O) groups is 2. The van der Waals surface area contributed by atoms with Gasteiger partial charge in [0.1, 0.15) is 12.7 Å². The summed E-state index contributed by atoms with van der Waals surface area (Å²) in [5.74, 6) is -1.36. The van der Waals surface area contributed by atoms with Gasteiger partial charge in [-0.1, -0.05) is 62.3 Å². The van der Waals surface area contributed by atoms with Crippen LogP contribution in [0.25, 0.3) is 10.4 Å². The molecule has 0 aromatic heterocycles. The molecule has 5 unspecified atom stereocenters. The van der Waals surface area contributed by atoms with Crippen molar-refractivity contribution in [3.05, 3.63) is 82.2 Å². The van der Waals surface area contributed by atoms with E-state index < -0.39 is 42.6 Å². The first-order chi connectivity index (χ1) is 20.6. The van der Waals surface area contributed by atoms with E-state index in [1.807, 2.05) is 46.8 Å². The zero-order valence-electron chi connectivity index (χ0n) is 24.8. The van der Waals surface area contributed by atoms with Gasteiger partial charge in [-0.15, -0.1) is 0 Å². The molecule has 2 aromatic rings. The van der Waals surface area contributed by atoms with E-state index >= 15 is 0 Å². The SMILES string of the molecule is CC1OC(C)[C@@H](O[C@H]2OC(COC(=O)c3ccccc3)[C@@H](C)[C@H](C)C2N=[N+]=[N-])[C@H](C)C1OC(=O)c1ccccc1.O=C=O. The van der Waals surface area contributed by atoms with Crippen molar-refractivity contribution in [3.8, 4) is 0 Å². The summed E-state index contributed by atoms with van der Waals surface area (Å²) >= 11 is 0. The number of esters is 2. The Labute approximate surface area is 250 Å². The molecule has 43 heavy (non-hydrogen) atoms. The van der Waals surface area contributed by atoms with Gasteiger partial charge in [0.2, 0.25) is 0 Å². The Balaban J connectivity index is 0.00000162. The molecule has 4 rings (SSSR count). The summed E-state index contributed by atoms with van der Waals surface area (Å²) in [6.45, 7) is 9.65. The predicted octanol–water partition coefficient (Wildman–Crippen LogP) is 4.99. The zero-order valence-corrected chi connectivity index (χ0v) is 24.8. The van der Waals surface area contributed by atoms with E-state index in [-0.39, 0.29) is 42.7 Å². The summed E-state index contributed by atoms with van der Waals surface area (Å²) in [6, 6.07) is 16.9. The standard InChI is InChI=1S/C30H37N3O7.CO2/c1-17-18(2)25(32-33-31)30(38-24(17)16-36-28(34)22-12-8-6-9-13-22)40-27-19(3)26(20(4)37-21(27)5)39-29(35)23-14-10-7-11-15-23;2-1-3/h6-15,17-21,24-27,30H,16H2,1-5H3;/t17-,18-,19+,20?,21?,24?,25?,26?,27-,30+;/m0./s1. The summed E-state index contributed by atoms with van der Waals surface area (Å²) in [5, 5.41) is 4.01. The topological polar surface area (TPSA) is 163 Å². The molecule has 2 fully saturated rings. The lowest BCUT2D eigenvalue weighted by Gasteiger charge is -2.48. The molecule has 12 heteroatoms. The largest absolute Gasteiger partial charge is 0.459 e. The van der Waals surface area contributed by atoms with Crippen LogP contribution in [0.3, 0.4) is 0 Å². The molecule has 0 aliphatic carbocycles. The number of hydrogen-bond donors (Lipinski definition) is 0. The fourth-order valence-corrected chi connectivity index (χ4v) is 5.51. The summed E-state index contributed by atoms with van der Waals surface area (Å²) in [5.41, 5.74) is 10.2. The van der Waals surface area contributed by atoms with E-state index in [9.17, 15) is 15.1 Å². The van der Waals surface area contributed by atoms with Gasteiger partial charge < -0.3 is 23.7 Å². The van der Waals surface area contributed by atoms with Crippen molar-refractivity contribution in [2.75, 3.05) is 6.61 Å². The Bertz CT molecular complexity index is 1280. The average molecular weight is 596 g/mol. The lowest BCUT2D eigenvalue weighted by molar-refractivity contribution is -0.293. The third-order valence-electron chi connectivity index (χ3n) is 8.05. The number of carbonyl (C=O) groups excluding carboxylic acids is 4. The molecule has 0 amide bonds. The molecule has 230 valence electrons. The summed E-state index contributed by atoms with van der Waals surface area (Å²) in [7, 11) is 0. The molecule has 2 aliphatic rings. The monoisotopic (exact) mass is 595 g/mol. The normalized spacial score (nSPS) is 31.7. The Morgan fingerprint density at radius 1 is 0.814 bits per heavy atom. The lowest BCUT2D eigenvalue weighted by atomic mass is 9.82. The Morgan fingerprint density at radius 3 is 1.91 bits per heavy atom. The first-order valence-electron chi connectivity index (χ1n) is 14.1. The maximum atomic E-state index is 12.8. The molecular weight excluding hydrogens is 558 g/mol. The maximum Gasteiger partial charge on any atom is 0.373 e. The van der Waals surface area contributed by atoms with Gasteiger partial charge in [-0.25, -0.2) is 9.59 Å². The molecule has 2 heterocycles. The Morgan fingerprint density at radius 2 is 1.35 bits per heavy atom. The number of rotatable bonds is 8. The lowest BCUT2D eigenvalue weighted by Crippen LogP contribution is -2.58. The first kappa shape index (κ1) is 33.5. The molecule has 0 spiro atoms. The minimum atomic E-state index is -0.917. The second-order valence-electron chi connectivity index (χ2n) is 10.7. The van der Waals surface area contributed by atoms with Gasteiger partial charge in [0.25, 0.3) is 0 Å². The molecule has 0 radical (unpaired) electrons. The van der Waals surface area contributed by atoms with Gasteiger partial charge in [0.15, 0.2) is 6.29 Å². The van der Waals surface area contributed by atoms with E-state index in [1.165, 1.54) is 0 Å². The number of hydrogen-bond acceptors (Lipinski definition) is 10. The summed E-state index contributed by atoms with van der Waals surface area (Å²) in [6.07, 6.45) is -2.97. The minimum Gasteiger partial charge on any atom is -0.459 e. The van der Waals surface area contributed by atoms with Gasteiger partial charge in [0, 0.05) is 10.8 Å².